The zero-order valence-electron chi connectivity index (χ0n) is 17.9. The van der Waals surface area contributed by atoms with Crippen molar-refractivity contribution in [2.24, 2.45) is 10.9 Å². The van der Waals surface area contributed by atoms with Gasteiger partial charge in [0.05, 0.1) is 4.90 Å². The van der Waals surface area contributed by atoms with Crippen LogP contribution < -0.4 is 15.4 Å². The van der Waals surface area contributed by atoms with Crippen LogP contribution in [0.2, 0.25) is 0 Å². The van der Waals surface area contributed by atoms with E-state index in [1.165, 1.54) is 18.2 Å². The third kappa shape index (κ3) is 4.21. The predicted octanol–water partition coefficient (Wildman–Crippen LogP) is 1.60. The predicted molar refractivity (Wildman–Crippen MR) is 118 cm³/mol. The number of amidine groups is 1. The van der Waals surface area contributed by atoms with Gasteiger partial charge in [0.1, 0.15) is 17.9 Å². The molecule has 1 aromatic carbocycles. The molecule has 2 aliphatic heterocycles. The molecule has 1 spiro atoms. The number of imide groups is 1. The number of anilines is 1. The number of carbonyl (C=O) groups is 3. The van der Waals surface area contributed by atoms with Crippen molar-refractivity contribution in [2.45, 2.75) is 55.9 Å². The quantitative estimate of drug-likeness (QED) is 0.572. The second-order valence-corrected chi connectivity index (χ2v) is 10.2. The van der Waals surface area contributed by atoms with Gasteiger partial charge in [0.15, 0.2) is 0 Å². The number of sulfonamides is 1. The van der Waals surface area contributed by atoms with E-state index in [-0.39, 0.29) is 22.4 Å². The van der Waals surface area contributed by atoms with Crippen LogP contribution in [0.15, 0.2) is 34.2 Å². The SMILES string of the molecule is C[C@@H]1CCCC[C@@]12NC(=O)N(CC(=O)Nc1cccc(S(=O)(=O)NC3=NCCC3)c1)C2=O. The van der Waals surface area contributed by atoms with Gasteiger partial charge in [0.25, 0.3) is 15.9 Å². The Balaban J connectivity index is 1.43. The largest absolute Gasteiger partial charge is 0.325 e. The summed E-state index contributed by atoms with van der Waals surface area (Å²) in [6.07, 6.45) is 4.63. The van der Waals surface area contributed by atoms with Crippen molar-refractivity contribution in [1.29, 1.82) is 0 Å². The molecule has 2 atom stereocenters. The highest BCUT2D eigenvalue weighted by molar-refractivity contribution is 7.90. The average molecular weight is 462 g/mol. The van der Waals surface area contributed by atoms with Crippen LogP contribution in [-0.2, 0) is 19.6 Å². The Labute approximate surface area is 186 Å². The van der Waals surface area contributed by atoms with Gasteiger partial charge in [0, 0.05) is 18.7 Å². The molecule has 2 heterocycles. The van der Waals surface area contributed by atoms with Gasteiger partial charge in [0.2, 0.25) is 5.91 Å². The molecule has 10 nitrogen and oxygen atoms in total. The standard InChI is InChI=1S/C21H27N5O5S/c1-14-6-2-3-10-21(14)19(28)26(20(29)24-21)13-18(27)23-15-7-4-8-16(12-15)32(30,31)25-17-9-5-11-22-17/h4,7-8,12,14H,2-3,5-6,9-11,13H2,1H3,(H,22,25)(H,23,27)(H,24,29)/t14-,21-/m1/s1. The molecular weight excluding hydrogens is 434 g/mol. The fourth-order valence-electron chi connectivity index (χ4n) is 4.56. The molecule has 1 saturated heterocycles. The van der Waals surface area contributed by atoms with Gasteiger partial charge in [-0.1, -0.05) is 25.8 Å². The lowest BCUT2D eigenvalue weighted by Gasteiger charge is -2.36. The highest BCUT2D eigenvalue weighted by Crippen LogP contribution is 2.38. The highest BCUT2D eigenvalue weighted by atomic mass is 32.2. The van der Waals surface area contributed by atoms with Crippen LogP contribution in [0.25, 0.3) is 0 Å². The van der Waals surface area contributed by atoms with E-state index in [4.69, 9.17) is 0 Å². The van der Waals surface area contributed by atoms with Crippen LogP contribution in [0.3, 0.4) is 0 Å². The van der Waals surface area contributed by atoms with Crippen LogP contribution in [0.4, 0.5) is 10.5 Å². The first-order chi connectivity index (χ1) is 15.2. The van der Waals surface area contributed by atoms with Crippen molar-refractivity contribution >= 4 is 39.4 Å². The zero-order valence-corrected chi connectivity index (χ0v) is 18.7. The van der Waals surface area contributed by atoms with E-state index >= 15 is 0 Å². The monoisotopic (exact) mass is 461 g/mol. The Kier molecular flexibility index (Phi) is 5.93. The number of urea groups is 1. The van der Waals surface area contributed by atoms with Crippen molar-refractivity contribution < 1.29 is 22.8 Å². The Morgan fingerprint density at radius 2 is 2.09 bits per heavy atom. The summed E-state index contributed by atoms with van der Waals surface area (Å²) in [7, 11) is -3.83. The molecule has 172 valence electrons. The van der Waals surface area contributed by atoms with Crippen molar-refractivity contribution in [3.05, 3.63) is 24.3 Å². The van der Waals surface area contributed by atoms with E-state index in [2.05, 4.69) is 20.3 Å². The molecule has 4 rings (SSSR count). The Morgan fingerprint density at radius 3 is 2.81 bits per heavy atom. The summed E-state index contributed by atoms with van der Waals surface area (Å²) in [5.41, 5.74) is -0.683. The van der Waals surface area contributed by atoms with Crippen LogP contribution in [0, 0.1) is 5.92 Å². The lowest BCUT2D eigenvalue weighted by molar-refractivity contribution is -0.136. The highest BCUT2D eigenvalue weighted by Gasteiger charge is 2.55. The molecule has 0 unspecified atom stereocenters. The first kappa shape index (κ1) is 22.3. The molecule has 32 heavy (non-hydrogen) atoms. The zero-order chi connectivity index (χ0) is 22.9. The summed E-state index contributed by atoms with van der Waals surface area (Å²) in [5, 5.41) is 5.39. The molecule has 3 N–H and O–H groups in total. The van der Waals surface area contributed by atoms with Gasteiger partial charge in [-0.05, 0) is 43.4 Å². The third-order valence-corrected chi connectivity index (χ3v) is 7.74. The average Bonchev–Trinajstić information content (AvgIpc) is 3.33. The van der Waals surface area contributed by atoms with Gasteiger partial charge >= 0.3 is 6.03 Å². The van der Waals surface area contributed by atoms with Crippen molar-refractivity contribution in [1.82, 2.24) is 14.9 Å². The fourth-order valence-corrected chi connectivity index (χ4v) is 5.70. The molecule has 0 aromatic heterocycles. The summed E-state index contributed by atoms with van der Waals surface area (Å²) in [6.45, 7) is 2.10. The molecular formula is C21H27N5O5S. The second-order valence-electron chi connectivity index (χ2n) is 8.55. The summed E-state index contributed by atoms with van der Waals surface area (Å²) in [4.78, 5) is 43.1. The smallest absolute Gasteiger partial charge is 0.324 e. The van der Waals surface area contributed by atoms with E-state index in [1.807, 2.05) is 6.92 Å². The van der Waals surface area contributed by atoms with Gasteiger partial charge in [-0.25, -0.2) is 13.2 Å². The van der Waals surface area contributed by atoms with Gasteiger partial charge in [-0.3, -0.25) is 24.2 Å². The van der Waals surface area contributed by atoms with Crippen molar-refractivity contribution in [3.63, 3.8) is 0 Å². The molecule has 1 aromatic rings. The summed E-state index contributed by atoms with van der Waals surface area (Å²) < 4.78 is 27.6. The number of nitrogens with one attached hydrogen (secondary N) is 3. The molecule has 1 saturated carbocycles. The summed E-state index contributed by atoms with van der Waals surface area (Å²) in [5.74, 6) is -0.539. The molecule has 3 aliphatic rings. The topological polar surface area (TPSA) is 137 Å². The first-order valence-corrected chi connectivity index (χ1v) is 12.3. The van der Waals surface area contributed by atoms with Crippen LogP contribution >= 0.6 is 0 Å². The molecule has 0 bridgehead atoms. The molecule has 11 heteroatoms. The maximum absolute atomic E-state index is 13.0. The van der Waals surface area contributed by atoms with Crippen molar-refractivity contribution in [3.8, 4) is 0 Å². The minimum atomic E-state index is -3.83. The van der Waals surface area contributed by atoms with E-state index in [0.29, 0.717) is 25.2 Å². The number of hydrogen-bond donors (Lipinski definition) is 3. The lowest BCUT2D eigenvalue weighted by atomic mass is 9.73. The minimum absolute atomic E-state index is 0.000351. The lowest BCUT2D eigenvalue weighted by Crippen LogP contribution is -2.54. The normalized spacial score (nSPS) is 25.6. The van der Waals surface area contributed by atoms with Crippen molar-refractivity contribution in [2.75, 3.05) is 18.4 Å². The Bertz CT molecular complexity index is 1090. The van der Waals surface area contributed by atoms with E-state index in [9.17, 15) is 22.8 Å². The van der Waals surface area contributed by atoms with E-state index in [0.717, 1.165) is 30.6 Å². The third-order valence-electron chi connectivity index (χ3n) is 6.36. The first-order valence-electron chi connectivity index (χ1n) is 10.8. The number of amides is 4. The number of carbonyl (C=O) groups excluding carboxylic acids is 3. The molecule has 1 aliphatic carbocycles. The van der Waals surface area contributed by atoms with E-state index in [1.54, 1.807) is 6.07 Å². The van der Waals surface area contributed by atoms with Crippen LogP contribution in [-0.4, -0.2) is 55.6 Å². The Hall–Kier alpha value is -2.95. The fraction of sp³-hybridized carbons (Fsp3) is 0.524. The molecule has 0 radical (unpaired) electrons. The summed E-state index contributed by atoms with van der Waals surface area (Å²) >= 11 is 0. The minimum Gasteiger partial charge on any atom is -0.324 e. The molecule has 2 fully saturated rings. The van der Waals surface area contributed by atoms with Gasteiger partial charge < -0.3 is 10.6 Å². The summed E-state index contributed by atoms with van der Waals surface area (Å²) in [6, 6.07) is 5.22. The second kappa shape index (κ2) is 8.53. The maximum atomic E-state index is 13.0. The van der Waals surface area contributed by atoms with Gasteiger partial charge in [-0.15, -0.1) is 0 Å². The Morgan fingerprint density at radius 1 is 1.28 bits per heavy atom. The number of rotatable bonds is 5. The number of hydrogen-bond acceptors (Lipinski definition) is 6. The number of aliphatic imine (C=N–C) groups is 1. The maximum Gasteiger partial charge on any atom is 0.325 e. The van der Waals surface area contributed by atoms with Crippen LogP contribution in [0.5, 0.6) is 0 Å². The van der Waals surface area contributed by atoms with E-state index < -0.39 is 34.0 Å². The molecule has 4 amide bonds. The van der Waals surface area contributed by atoms with Crippen LogP contribution in [0.1, 0.15) is 45.4 Å². The number of nitrogens with zero attached hydrogens (tertiary/aromatic N) is 2. The number of benzene rings is 1. The van der Waals surface area contributed by atoms with Gasteiger partial charge in [-0.2, -0.15) is 0 Å².